The topological polar surface area (TPSA) is 95.4 Å². The van der Waals surface area contributed by atoms with E-state index in [1.807, 2.05) is 0 Å². The van der Waals surface area contributed by atoms with Gasteiger partial charge in [0.25, 0.3) is 5.91 Å². The van der Waals surface area contributed by atoms with Crippen molar-refractivity contribution in [1.82, 2.24) is 29.0 Å². The number of nitrogens with zero attached hydrogens (tertiary/aromatic N) is 5. The van der Waals surface area contributed by atoms with Gasteiger partial charge < -0.3 is 14.6 Å². The molecule has 0 bridgehead atoms. The number of aromatic nitrogens is 5. The van der Waals surface area contributed by atoms with Crippen molar-refractivity contribution in [3.63, 3.8) is 0 Å². The molecule has 0 aliphatic rings. The van der Waals surface area contributed by atoms with Crippen LogP contribution in [0.1, 0.15) is 21.7 Å². The number of imidazole rings is 1. The lowest BCUT2D eigenvalue weighted by atomic mass is 10.2. The average Bonchev–Trinajstić information content (AvgIpc) is 3.29. The van der Waals surface area contributed by atoms with Crippen LogP contribution in [0.2, 0.25) is 0 Å². The zero-order valence-corrected chi connectivity index (χ0v) is 16.7. The van der Waals surface area contributed by atoms with Crippen LogP contribution < -0.4 is 15.7 Å². The first-order valence-corrected chi connectivity index (χ1v) is 9.38. The molecule has 9 nitrogen and oxygen atoms in total. The Labute approximate surface area is 178 Å². The van der Waals surface area contributed by atoms with E-state index in [4.69, 9.17) is 0 Å². The predicted octanol–water partition coefficient (Wildman–Crippen LogP) is 2.11. The molecule has 0 saturated carbocycles. The Morgan fingerprint density at radius 3 is 2.69 bits per heavy atom. The molecule has 1 aromatic carbocycles. The number of amides is 1. The molecule has 166 valence electrons. The van der Waals surface area contributed by atoms with Gasteiger partial charge in [0, 0.05) is 37.7 Å². The van der Waals surface area contributed by atoms with E-state index in [0.29, 0.717) is 11.5 Å². The number of rotatable bonds is 6. The molecule has 1 amide bonds. The number of fused-ring (bicyclic) bond motifs is 1. The molecular weight excluding hydrogens is 429 g/mol. The van der Waals surface area contributed by atoms with Gasteiger partial charge in [0.1, 0.15) is 18.1 Å². The van der Waals surface area contributed by atoms with Crippen molar-refractivity contribution >= 4 is 11.6 Å². The van der Waals surface area contributed by atoms with E-state index in [9.17, 15) is 22.8 Å². The Morgan fingerprint density at radius 2 is 1.97 bits per heavy atom. The minimum absolute atomic E-state index is 0.144. The van der Waals surface area contributed by atoms with Gasteiger partial charge in [-0.2, -0.15) is 0 Å². The molecule has 1 N–H and O–H groups in total. The van der Waals surface area contributed by atoms with E-state index in [2.05, 4.69) is 20.1 Å². The van der Waals surface area contributed by atoms with Crippen molar-refractivity contribution in [3.8, 4) is 5.75 Å². The highest BCUT2D eigenvalue weighted by Crippen LogP contribution is 2.26. The van der Waals surface area contributed by atoms with E-state index in [1.165, 1.54) is 45.6 Å². The number of alkyl halides is 3. The van der Waals surface area contributed by atoms with Crippen LogP contribution in [0, 0.1) is 0 Å². The highest BCUT2D eigenvalue weighted by Gasteiger charge is 2.32. The molecule has 0 radical (unpaired) electrons. The minimum Gasteiger partial charge on any atom is -0.405 e. The standard InChI is InChI=1S/C20H17F3N6O3/c1-27-9-8-24-17(27)12-29-19(31)28-11-14(6-7-16(28)26-29)18(30)25-10-13-4-2-3-5-15(13)32-20(21,22)23/h2-9,11H,10,12H2,1H3,(H,25,30). The van der Waals surface area contributed by atoms with Gasteiger partial charge in [-0.1, -0.05) is 18.2 Å². The van der Waals surface area contributed by atoms with Crippen LogP contribution in [-0.4, -0.2) is 36.0 Å². The number of benzene rings is 1. The summed E-state index contributed by atoms with van der Waals surface area (Å²) in [4.78, 5) is 29.4. The van der Waals surface area contributed by atoms with Crippen molar-refractivity contribution < 1.29 is 22.7 Å². The summed E-state index contributed by atoms with van der Waals surface area (Å²) in [6, 6.07) is 8.49. The summed E-state index contributed by atoms with van der Waals surface area (Å²) < 4.78 is 45.9. The fourth-order valence-electron chi connectivity index (χ4n) is 3.09. The van der Waals surface area contributed by atoms with Crippen molar-refractivity contribution in [3.05, 3.63) is 82.4 Å². The molecule has 12 heteroatoms. The van der Waals surface area contributed by atoms with E-state index in [1.54, 1.807) is 24.0 Å². The summed E-state index contributed by atoms with van der Waals surface area (Å²) in [7, 11) is 1.80. The Morgan fingerprint density at radius 1 is 1.19 bits per heavy atom. The zero-order chi connectivity index (χ0) is 22.9. The van der Waals surface area contributed by atoms with Crippen LogP contribution in [0.15, 0.2) is 59.8 Å². The highest BCUT2D eigenvalue weighted by atomic mass is 19.4. The van der Waals surface area contributed by atoms with E-state index < -0.39 is 23.7 Å². The second kappa shape index (κ2) is 8.21. The smallest absolute Gasteiger partial charge is 0.405 e. The second-order valence-corrected chi connectivity index (χ2v) is 6.88. The Bertz CT molecular complexity index is 1340. The van der Waals surface area contributed by atoms with Crippen molar-refractivity contribution in [2.45, 2.75) is 19.5 Å². The van der Waals surface area contributed by atoms with Crippen molar-refractivity contribution in [2.24, 2.45) is 7.05 Å². The van der Waals surface area contributed by atoms with Crippen molar-refractivity contribution in [1.29, 1.82) is 0 Å². The molecule has 0 spiro atoms. The number of para-hydroxylation sites is 1. The normalized spacial score (nSPS) is 11.6. The van der Waals surface area contributed by atoms with Crippen LogP contribution in [0.4, 0.5) is 13.2 Å². The summed E-state index contributed by atoms with van der Waals surface area (Å²) in [6.45, 7) is -0.0437. The molecule has 4 aromatic rings. The average molecular weight is 446 g/mol. The zero-order valence-electron chi connectivity index (χ0n) is 16.7. The van der Waals surface area contributed by atoms with Crippen LogP contribution in [0.5, 0.6) is 5.75 Å². The van der Waals surface area contributed by atoms with Gasteiger partial charge in [-0.3, -0.25) is 4.79 Å². The SMILES string of the molecule is Cn1ccnc1Cn1nc2ccc(C(=O)NCc3ccccc3OC(F)(F)F)cn2c1=O. The van der Waals surface area contributed by atoms with Gasteiger partial charge in [-0.05, 0) is 18.2 Å². The van der Waals surface area contributed by atoms with Gasteiger partial charge in [0.05, 0.1) is 5.56 Å². The van der Waals surface area contributed by atoms with Gasteiger partial charge >= 0.3 is 12.1 Å². The van der Waals surface area contributed by atoms with Crippen LogP contribution >= 0.6 is 0 Å². The monoisotopic (exact) mass is 446 g/mol. The van der Waals surface area contributed by atoms with Crippen LogP contribution in [-0.2, 0) is 20.1 Å². The van der Waals surface area contributed by atoms with Gasteiger partial charge in [0.15, 0.2) is 5.65 Å². The largest absolute Gasteiger partial charge is 0.573 e. The predicted molar refractivity (Wildman–Crippen MR) is 106 cm³/mol. The maximum atomic E-state index is 12.7. The molecule has 0 atom stereocenters. The van der Waals surface area contributed by atoms with Gasteiger partial charge in [0.2, 0.25) is 0 Å². The fourth-order valence-corrected chi connectivity index (χ4v) is 3.09. The first kappa shape index (κ1) is 21.2. The summed E-state index contributed by atoms with van der Waals surface area (Å²) in [5, 5.41) is 6.76. The third-order valence-corrected chi connectivity index (χ3v) is 4.69. The Kier molecular flexibility index (Phi) is 5.43. The molecule has 0 saturated heterocycles. The Balaban J connectivity index is 1.52. The molecule has 3 aromatic heterocycles. The number of nitrogens with one attached hydrogen (secondary N) is 1. The van der Waals surface area contributed by atoms with E-state index in [0.717, 1.165) is 6.07 Å². The minimum atomic E-state index is -4.85. The maximum Gasteiger partial charge on any atom is 0.573 e. The molecular formula is C20H17F3N6O3. The van der Waals surface area contributed by atoms with Crippen LogP contribution in [0.3, 0.4) is 0 Å². The number of halogens is 3. The summed E-state index contributed by atoms with van der Waals surface area (Å²) >= 11 is 0. The van der Waals surface area contributed by atoms with Crippen LogP contribution in [0.25, 0.3) is 5.65 Å². The second-order valence-electron chi connectivity index (χ2n) is 6.88. The number of hydrogen-bond donors (Lipinski definition) is 1. The molecule has 32 heavy (non-hydrogen) atoms. The lowest BCUT2D eigenvalue weighted by Crippen LogP contribution is -2.26. The third kappa shape index (κ3) is 4.48. The highest BCUT2D eigenvalue weighted by molar-refractivity contribution is 5.94. The molecule has 4 rings (SSSR count). The quantitative estimate of drug-likeness (QED) is 0.490. The molecule has 0 aliphatic heterocycles. The molecule has 0 fully saturated rings. The lowest BCUT2D eigenvalue weighted by Gasteiger charge is -2.13. The number of carbonyl (C=O) groups excluding carboxylic acids is 1. The van der Waals surface area contributed by atoms with Gasteiger partial charge in [-0.25, -0.2) is 18.9 Å². The number of pyridine rings is 1. The number of hydrogen-bond acceptors (Lipinski definition) is 5. The lowest BCUT2D eigenvalue weighted by molar-refractivity contribution is -0.274. The summed E-state index contributed by atoms with van der Waals surface area (Å²) in [6.07, 6.45) is -0.165. The first-order chi connectivity index (χ1) is 15.2. The van der Waals surface area contributed by atoms with Crippen molar-refractivity contribution in [2.75, 3.05) is 0 Å². The maximum absolute atomic E-state index is 12.7. The molecule has 0 aliphatic carbocycles. The van der Waals surface area contributed by atoms with E-state index in [-0.39, 0.29) is 24.2 Å². The summed E-state index contributed by atoms with van der Waals surface area (Å²) in [5.41, 5.74) is 0.177. The van der Waals surface area contributed by atoms with Gasteiger partial charge in [-0.15, -0.1) is 18.3 Å². The number of aryl methyl sites for hydroxylation is 1. The Hall–Kier alpha value is -4.09. The number of ether oxygens (including phenoxy) is 1. The third-order valence-electron chi connectivity index (χ3n) is 4.69. The molecule has 3 heterocycles. The molecule has 0 unspecified atom stereocenters. The fraction of sp³-hybridized carbons (Fsp3) is 0.200. The number of carbonyl (C=O) groups is 1. The van der Waals surface area contributed by atoms with E-state index >= 15 is 0 Å². The first-order valence-electron chi connectivity index (χ1n) is 9.38. The summed E-state index contributed by atoms with van der Waals surface area (Å²) in [5.74, 6) is -0.340.